The van der Waals surface area contributed by atoms with Gasteiger partial charge >= 0.3 is 6.03 Å². The molecular formula is C15H20N6O2. The van der Waals surface area contributed by atoms with Gasteiger partial charge in [-0.2, -0.15) is 0 Å². The second-order valence-corrected chi connectivity index (χ2v) is 5.56. The molecule has 2 aromatic rings. The number of nitrogens with zero attached hydrogens (tertiary/aromatic N) is 6. The standard InChI is InChI=1S/C15H20N6O2/c1-13(22)19-10-8-18(9-11-19)5-2-14-17-4-7-21(14)15(23)20-6-3-16-12-20/h3-4,6-7,12H,2,5,8-11H2,1H3. The minimum atomic E-state index is -0.184. The zero-order valence-electron chi connectivity index (χ0n) is 13.1. The van der Waals surface area contributed by atoms with Crippen LogP contribution >= 0.6 is 0 Å². The molecule has 1 fully saturated rings. The van der Waals surface area contributed by atoms with Crippen LogP contribution in [0.5, 0.6) is 0 Å². The van der Waals surface area contributed by atoms with Crippen molar-refractivity contribution < 1.29 is 9.59 Å². The SMILES string of the molecule is CC(=O)N1CCN(CCc2nccn2C(=O)n2ccnc2)CC1. The van der Waals surface area contributed by atoms with Crippen molar-refractivity contribution in [2.75, 3.05) is 32.7 Å². The highest BCUT2D eigenvalue weighted by molar-refractivity contribution is 5.79. The van der Waals surface area contributed by atoms with E-state index in [0.717, 1.165) is 38.5 Å². The number of rotatable bonds is 3. The van der Waals surface area contributed by atoms with Gasteiger partial charge in [-0.15, -0.1) is 0 Å². The van der Waals surface area contributed by atoms with Gasteiger partial charge in [0.15, 0.2) is 0 Å². The molecule has 0 aromatic carbocycles. The highest BCUT2D eigenvalue weighted by Gasteiger charge is 2.19. The summed E-state index contributed by atoms with van der Waals surface area (Å²) in [4.78, 5) is 36.0. The summed E-state index contributed by atoms with van der Waals surface area (Å²) in [6, 6.07) is -0.184. The molecule has 0 atom stereocenters. The highest BCUT2D eigenvalue weighted by atomic mass is 16.2. The van der Waals surface area contributed by atoms with Crippen LogP contribution in [0.2, 0.25) is 0 Å². The maximum Gasteiger partial charge on any atom is 0.339 e. The molecule has 3 rings (SSSR count). The molecule has 0 saturated carbocycles. The Labute approximate surface area is 134 Å². The van der Waals surface area contributed by atoms with Crippen LogP contribution in [0.3, 0.4) is 0 Å². The zero-order valence-corrected chi connectivity index (χ0v) is 13.1. The van der Waals surface area contributed by atoms with E-state index in [2.05, 4.69) is 14.9 Å². The largest absolute Gasteiger partial charge is 0.340 e. The molecule has 0 bridgehead atoms. The lowest BCUT2D eigenvalue weighted by Crippen LogP contribution is -2.48. The molecule has 23 heavy (non-hydrogen) atoms. The number of carbonyl (C=O) groups is 2. The number of piperazine rings is 1. The Bertz CT molecular complexity index is 670. The van der Waals surface area contributed by atoms with E-state index in [0.29, 0.717) is 6.42 Å². The molecule has 3 heterocycles. The second kappa shape index (κ2) is 6.74. The lowest BCUT2D eigenvalue weighted by Gasteiger charge is -2.34. The molecule has 0 unspecified atom stereocenters. The summed E-state index contributed by atoms with van der Waals surface area (Å²) in [6.45, 7) is 5.66. The third-order valence-electron chi connectivity index (χ3n) is 4.12. The Morgan fingerprint density at radius 3 is 2.57 bits per heavy atom. The summed E-state index contributed by atoms with van der Waals surface area (Å²) < 4.78 is 2.98. The highest BCUT2D eigenvalue weighted by Crippen LogP contribution is 2.06. The Morgan fingerprint density at radius 1 is 1.13 bits per heavy atom. The van der Waals surface area contributed by atoms with Crippen LogP contribution in [-0.2, 0) is 11.2 Å². The van der Waals surface area contributed by atoms with Gasteiger partial charge in [-0.3, -0.25) is 18.8 Å². The molecule has 1 saturated heterocycles. The molecule has 0 N–H and O–H groups in total. The van der Waals surface area contributed by atoms with Gasteiger partial charge in [0, 0.05) is 70.9 Å². The predicted molar refractivity (Wildman–Crippen MR) is 83.0 cm³/mol. The summed E-state index contributed by atoms with van der Waals surface area (Å²) in [5.74, 6) is 0.865. The summed E-state index contributed by atoms with van der Waals surface area (Å²) in [5, 5.41) is 0. The van der Waals surface area contributed by atoms with Crippen molar-refractivity contribution in [1.82, 2.24) is 28.9 Å². The molecule has 122 valence electrons. The second-order valence-electron chi connectivity index (χ2n) is 5.56. The molecule has 0 spiro atoms. The van der Waals surface area contributed by atoms with E-state index >= 15 is 0 Å². The minimum Gasteiger partial charge on any atom is -0.340 e. The lowest BCUT2D eigenvalue weighted by molar-refractivity contribution is -0.130. The summed E-state index contributed by atoms with van der Waals surface area (Å²) in [5.41, 5.74) is 0. The van der Waals surface area contributed by atoms with Crippen LogP contribution in [-0.4, -0.2) is 73.6 Å². The van der Waals surface area contributed by atoms with E-state index in [4.69, 9.17) is 0 Å². The zero-order chi connectivity index (χ0) is 16.2. The molecular weight excluding hydrogens is 296 g/mol. The first kappa shape index (κ1) is 15.4. The minimum absolute atomic E-state index is 0.131. The molecule has 1 amide bonds. The molecule has 2 aromatic heterocycles. The Kier molecular flexibility index (Phi) is 4.52. The molecule has 0 radical (unpaired) electrons. The van der Waals surface area contributed by atoms with Crippen LogP contribution in [0.1, 0.15) is 12.7 Å². The topological polar surface area (TPSA) is 76.3 Å². The van der Waals surface area contributed by atoms with Gasteiger partial charge in [-0.05, 0) is 0 Å². The van der Waals surface area contributed by atoms with Crippen LogP contribution in [0, 0.1) is 0 Å². The normalized spacial score (nSPS) is 15.8. The van der Waals surface area contributed by atoms with Crippen molar-refractivity contribution in [3.05, 3.63) is 36.9 Å². The van der Waals surface area contributed by atoms with Crippen molar-refractivity contribution in [2.24, 2.45) is 0 Å². The van der Waals surface area contributed by atoms with Gasteiger partial charge in [0.25, 0.3) is 0 Å². The van der Waals surface area contributed by atoms with Crippen molar-refractivity contribution in [2.45, 2.75) is 13.3 Å². The summed E-state index contributed by atoms with van der Waals surface area (Å²) >= 11 is 0. The smallest absolute Gasteiger partial charge is 0.339 e. The fourth-order valence-corrected chi connectivity index (χ4v) is 2.73. The van der Waals surface area contributed by atoms with Gasteiger partial charge in [-0.25, -0.2) is 14.8 Å². The van der Waals surface area contributed by atoms with Crippen molar-refractivity contribution in [3.63, 3.8) is 0 Å². The molecule has 1 aliphatic heterocycles. The fourth-order valence-electron chi connectivity index (χ4n) is 2.73. The van der Waals surface area contributed by atoms with Gasteiger partial charge < -0.3 is 4.90 Å². The maximum absolute atomic E-state index is 12.3. The number of amides is 1. The number of imidazole rings is 2. The van der Waals surface area contributed by atoms with E-state index < -0.39 is 0 Å². The fraction of sp³-hybridized carbons (Fsp3) is 0.467. The summed E-state index contributed by atoms with van der Waals surface area (Å²) in [6.07, 6.45) is 8.67. The van der Waals surface area contributed by atoms with Crippen molar-refractivity contribution in [3.8, 4) is 0 Å². The lowest BCUT2D eigenvalue weighted by atomic mass is 10.3. The Morgan fingerprint density at radius 2 is 1.91 bits per heavy atom. The van der Waals surface area contributed by atoms with Gasteiger partial charge in [0.1, 0.15) is 12.2 Å². The molecule has 0 aliphatic carbocycles. The maximum atomic E-state index is 12.3. The van der Waals surface area contributed by atoms with E-state index in [1.807, 2.05) is 4.90 Å². The van der Waals surface area contributed by atoms with E-state index in [1.165, 1.54) is 10.9 Å². The average molecular weight is 316 g/mol. The van der Waals surface area contributed by atoms with Crippen LogP contribution in [0.15, 0.2) is 31.1 Å². The average Bonchev–Trinajstić information content (AvgIpc) is 3.24. The molecule has 8 heteroatoms. The first-order valence-electron chi connectivity index (χ1n) is 7.68. The number of hydrogen-bond donors (Lipinski definition) is 0. The van der Waals surface area contributed by atoms with Crippen molar-refractivity contribution >= 4 is 11.9 Å². The van der Waals surface area contributed by atoms with Crippen LogP contribution in [0.25, 0.3) is 0 Å². The van der Waals surface area contributed by atoms with E-state index in [-0.39, 0.29) is 11.9 Å². The van der Waals surface area contributed by atoms with Gasteiger partial charge in [0.05, 0.1) is 0 Å². The number of carbonyl (C=O) groups excluding carboxylic acids is 2. The number of hydrogen-bond acceptors (Lipinski definition) is 5. The first-order valence-corrected chi connectivity index (χ1v) is 7.68. The van der Waals surface area contributed by atoms with Crippen LogP contribution in [0.4, 0.5) is 4.79 Å². The molecule has 1 aliphatic rings. The monoisotopic (exact) mass is 316 g/mol. The van der Waals surface area contributed by atoms with Gasteiger partial charge in [-0.1, -0.05) is 0 Å². The van der Waals surface area contributed by atoms with Crippen molar-refractivity contribution in [1.29, 1.82) is 0 Å². The van der Waals surface area contributed by atoms with E-state index in [9.17, 15) is 9.59 Å². The quantitative estimate of drug-likeness (QED) is 0.814. The Balaban J connectivity index is 1.57. The number of aromatic nitrogens is 4. The Hall–Kier alpha value is -2.48. The third kappa shape index (κ3) is 3.48. The first-order chi connectivity index (χ1) is 11.1. The van der Waals surface area contributed by atoms with Gasteiger partial charge in [0.2, 0.25) is 5.91 Å². The van der Waals surface area contributed by atoms with E-state index in [1.54, 1.807) is 36.3 Å². The molecule has 8 nitrogen and oxygen atoms in total. The van der Waals surface area contributed by atoms with Crippen LogP contribution < -0.4 is 0 Å². The summed E-state index contributed by atoms with van der Waals surface area (Å²) in [7, 11) is 0. The predicted octanol–water partition coefficient (Wildman–Crippen LogP) is 0.303. The third-order valence-corrected chi connectivity index (χ3v) is 4.12.